The van der Waals surface area contributed by atoms with E-state index in [2.05, 4.69) is 60.8 Å². The average Bonchev–Trinajstić information content (AvgIpc) is 2.43. The van der Waals surface area contributed by atoms with Gasteiger partial charge in [0.2, 0.25) is 0 Å². The van der Waals surface area contributed by atoms with Gasteiger partial charge in [-0.15, -0.1) is 0 Å². The van der Waals surface area contributed by atoms with Crippen molar-refractivity contribution in [1.29, 1.82) is 5.26 Å². The molecule has 1 unspecified atom stereocenters. The second-order valence-corrected chi connectivity index (χ2v) is 7.10. The summed E-state index contributed by atoms with van der Waals surface area (Å²) in [6.07, 6.45) is 2.86. The van der Waals surface area contributed by atoms with E-state index >= 15 is 0 Å². The molecule has 0 heterocycles. The van der Waals surface area contributed by atoms with Gasteiger partial charge < -0.3 is 0 Å². The fourth-order valence-corrected chi connectivity index (χ4v) is 3.84. The van der Waals surface area contributed by atoms with Crippen molar-refractivity contribution in [3.8, 4) is 6.07 Å². The predicted octanol–water partition coefficient (Wildman–Crippen LogP) is 5.52. The van der Waals surface area contributed by atoms with Crippen molar-refractivity contribution >= 4 is 53.6 Å². The zero-order valence-corrected chi connectivity index (χ0v) is 16.0. The topological polar surface area (TPSA) is 40.9 Å². The van der Waals surface area contributed by atoms with Crippen LogP contribution in [0.2, 0.25) is 0 Å². The molecule has 20 heavy (non-hydrogen) atoms. The van der Waals surface area contributed by atoms with E-state index in [1.165, 1.54) is 0 Å². The Hall–Kier alpha value is -0.180. The molecule has 0 aliphatic rings. The summed E-state index contributed by atoms with van der Waals surface area (Å²) in [5.41, 5.74) is 0.145. The Labute approximate surface area is 145 Å². The molecule has 0 saturated carbocycles. The molecule has 1 aromatic carbocycles. The van der Waals surface area contributed by atoms with Gasteiger partial charge in [0, 0.05) is 15.4 Å². The Morgan fingerprint density at radius 3 is 2.60 bits per heavy atom. The Morgan fingerprint density at radius 1 is 1.40 bits per heavy atom. The monoisotopic (exact) mass is 463 g/mol. The lowest BCUT2D eigenvalue weighted by atomic mass is 9.74. The highest BCUT2D eigenvalue weighted by Gasteiger charge is 2.35. The molecular weight excluding hydrogens is 450 g/mol. The average molecular weight is 466 g/mol. The molecule has 5 heteroatoms. The number of carbonyl (C=O) groups is 1. The molecule has 2 nitrogen and oxygen atoms in total. The number of hydrogen-bond acceptors (Lipinski definition) is 2. The third kappa shape index (κ3) is 4.41. The van der Waals surface area contributed by atoms with Gasteiger partial charge in [0.1, 0.15) is 5.78 Å². The first-order valence-electron chi connectivity index (χ1n) is 6.43. The second kappa shape index (κ2) is 8.31. The van der Waals surface area contributed by atoms with Gasteiger partial charge in [0.25, 0.3) is 0 Å². The molecule has 1 aromatic rings. The SMILES string of the molecule is CCCCC(C#N)(CC(=O)CBr)c1ccc(Br)cc1Br. The summed E-state index contributed by atoms with van der Waals surface area (Å²) in [4.78, 5) is 11.9. The number of unbranched alkanes of at least 4 members (excludes halogenated alkanes) is 1. The number of nitriles is 1. The van der Waals surface area contributed by atoms with Gasteiger partial charge in [0.15, 0.2) is 0 Å². The van der Waals surface area contributed by atoms with Gasteiger partial charge in [-0.05, 0) is 24.1 Å². The summed E-state index contributed by atoms with van der Waals surface area (Å²) >= 11 is 10.1. The van der Waals surface area contributed by atoms with Gasteiger partial charge in [-0.2, -0.15) is 5.26 Å². The molecular formula is C15H16Br3NO. The fraction of sp³-hybridized carbons (Fsp3) is 0.467. The minimum absolute atomic E-state index is 0.0532. The second-order valence-electron chi connectivity index (χ2n) is 4.77. The zero-order valence-electron chi connectivity index (χ0n) is 11.3. The zero-order chi connectivity index (χ0) is 15.2. The number of hydrogen-bond donors (Lipinski definition) is 0. The number of carbonyl (C=O) groups excluding carboxylic acids is 1. The minimum atomic E-state index is -0.750. The van der Waals surface area contributed by atoms with Crippen molar-refractivity contribution < 1.29 is 4.79 Å². The Morgan fingerprint density at radius 2 is 2.10 bits per heavy atom. The van der Waals surface area contributed by atoms with E-state index in [0.29, 0.717) is 6.42 Å². The van der Waals surface area contributed by atoms with E-state index in [4.69, 9.17) is 0 Å². The number of Topliss-reactive ketones (excluding diaryl/α,β-unsaturated/α-hetero) is 1. The van der Waals surface area contributed by atoms with Crippen molar-refractivity contribution in [1.82, 2.24) is 0 Å². The first-order valence-corrected chi connectivity index (χ1v) is 9.14. The summed E-state index contributed by atoms with van der Waals surface area (Å²) in [7, 11) is 0. The van der Waals surface area contributed by atoms with Crippen molar-refractivity contribution in [2.24, 2.45) is 0 Å². The van der Waals surface area contributed by atoms with Crippen LogP contribution in [0.1, 0.15) is 38.2 Å². The highest BCUT2D eigenvalue weighted by atomic mass is 79.9. The van der Waals surface area contributed by atoms with Gasteiger partial charge in [0.05, 0.1) is 16.8 Å². The smallest absolute Gasteiger partial charge is 0.145 e. The summed E-state index contributed by atoms with van der Waals surface area (Å²) in [5.74, 6) is 0.0532. The molecule has 0 N–H and O–H groups in total. The van der Waals surface area contributed by atoms with Gasteiger partial charge in [-0.25, -0.2) is 0 Å². The summed E-state index contributed by atoms with van der Waals surface area (Å²) in [6.45, 7) is 2.09. The molecule has 0 aliphatic heterocycles. The largest absolute Gasteiger partial charge is 0.299 e. The molecule has 1 atom stereocenters. The Balaban J connectivity index is 3.27. The lowest BCUT2D eigenvalue weighted by molar-refractivity contribution is -0.117. The summed E-state index contributed by atoms with van der Waals surface area (Å²) < 4.78 is 1.81. The lowest BCUT2D eigenvalue weighted by Crippen LogP contribution is -2.29. The minimum Gasteiger partial charge on any atom is -0.299 e. The van der Waals surface area contributed by atoms with Crippen molar-refractivity contribution in [3.63, 3.8) is 0 Å². The Kier molecular flexibility index (Phi) is 7.42. The quantitative estimate of drug-likeness (QED) is 0.497. The van der Waals surface area contributed by atoms with Crippen LogP contribution in [0, 0.1) is 11.3 Å². The third-order valence-corrected chi connectivity index (χ3v) is 5.04. The number of ketones is 1. The number of halogens is 3. The molecule has 1 rings (SSSR count). The van der Waals surface area contributed by atoms with Gasteiger partial charge in [-0.1, -0.05) is 73.6 Å². The molecule has 0 aliphatic carbocycles. The molecule has 0 fully saturated rings. The maximum Gasteiger partial charge on any atom is 0.145 e. The highest BCUT2D eigenvalue weighted by molar-refractivity contribution is 9.11. The molecule has 0 amide bonds. The lowest BCUT2D eigenvalue weighted by Gasteiger charge is -2.27. The normalized spacial score (nSPS) is 13.6. The van der Waals surface area contributed by atoms with Crippen molar-refractivity contribution in [2.75, 3.05) is 5.33 Å². The number of benzene rings is 1. The standard InChI is InChI=1S/C15H16Br3NO/c1-2-3-6-15(10-19,8-12(20)9-16)13-5-4-11(17)7-14(13)18/h4-5,7H,2-3,6,8-9H2,1H3. The van der Waals surface area contributed by atoms with E-state index < -0.39 is 5.41 Å². The molecule has 0 bridgehead atoms. The van der Waals surface area contributed by atoms with E-state index in [9.17, 15) is 10.1 Å². The molecule has 108 valence electrons. The van der Waals surface area contributed by atoms with Crippen molar-refractivity contribution in [3.05, 3.63) is 32.7 Å². The van der Waals surface area contributed by atoms with E-state index in [-0.39, 0.29) is 17.5 Å². The molecule has 0 saturated heterocycles. The fourth-order valence-electron chi connectivity index (χ4n) is 2.21. The number of rotatable bonds is 7. The van der Waals surface area contributed by atoms with Crippen molar-refractivity contribution in [2.45, 2.75) is 38.0 Å². The summed E-state index contributed by atoms with van der Waals surface area (Å²) in [5, 5.41) is 10.0. The molecule has 0 spiro atoms. The van der Waals surface area contributed by atoms with Crippen LogP contribution in [-0.4, -0.2) is 11.1 Å². The number of nitrogens with zero attached hydrogens (tertiary/aromatic N) is 1. The van der Waals surface area contributed by atoms with E-state index in [1.807, 2.05) is 18.2 Å². The van der Waals surface area contributed by atoms with Gasteiger partial charge >= 0.3 is 0 Å². The summed E-state index contributed by atoms with van der Waals surface area (Å²) in [6, 6.07) is 8.17. The first kappa shape index (κ1) is 17.9. The van der Waals surface area contributed by atoms with Gasteiger partial charge in [-0.3, -0.25) is 4.79 Å². The van der Waals surface area contributed by atoms with Crippen LogP contribution in [0.4, 0.5) is 0 Å². The van der Waals surface area contributed by atoms with E-state index in [0.717, 1.165) is 27.4 Å². The van der Waals surface area contributed by atoms with Crippen LogP contribution in [0.5, 0.6) is 0 Å². The highest BCUT2D eigenvalue weighted by Crippen LogP contribution is 2.39. The van der Waals surface area contributed by atoms with Crippen LogP contribution in [0.3, 0.4) is 0 Å². The maximum absolute atomic E-state index is 11.9. The van der Waals surface area contributed by atoms with Crippen LogP contribution < -0.4 is 0 Å². The van der Waals surface area contributed by atoms with E-state index in [1.54, 1.807) is 0 Å². The Bertz CT molecular complexity index is 524. The molecule has 0 radical (unpaired) electrons. The molecule has 0 aromatic heterocycles. The van der Waals surface area contributed by atoms with Crippen LogP contribution in [-0.2, 0) is 10.2 Å². The van der Waals surface area contributed by atoms with Crippen LogP contribution >= 0.6 is 47.8 Å². The number of alkyl halides is 1. The third-order valence-electron chi connectivity index (χ3n) is 3.27. The van der Waals surface area contributed by atoms with Crippen LogP contribution in [0.15, 0.2) is 27.1 Å². The first-order chi connectivity index (χ1) is 9.49. The maximum atomic E-state index is 11.9. The van der Waals surface area contributed by atoms with Crippen LogP contribution in [0.25, 0.3) is 0 Å². The predicted molar refractivity (Wildman–Crippen MR) is 92.1 cm³/mol.